The van der Waals surface area contributed by atoms with Crippen LogP contribution in [-0.4, -0.2) is 16.5 Å². The quantitative estimate of drug-likeness (QED) is 0.751. The molecule has 2 rings (SSSR count). The van der Waals surface area contributed by atoms with Crippen molar-refractivity contribution < 1.29 is 0 Å². The fraction of sp³-hybridized carbons (Fsp3) is 0.412. The zero-order chi connectivity index (χ0) is 15.2. The summed E-state index contributed by atoms with van der Waals surface area (Å²) in [6, 6.07) is 9.69. The number of hydrogen-bond acceptors (Lipinski definition) is 3. The van der Waals surface area contributed by atoms with Gasteiger partial charge >= 0.3 is 0 Å². The molecule has 112 valence electrons. The van der Waals surface area contributed by atoms with Crippen molar-refractivity contribution in [2.24, 2.45) is 0 Å². The van der Waals surface area contributed by atoms with E-state index in [-0.39, 0.29) is 0 Å². The zero-order valence-corrected chi connectivity index (χ0v) is 13.6. The Balaban J connectivity index is 2.32. The molecule has 0 aliphatic heterocycles. The molecule has 0 unspecified atom stereocenters. The topological polar surface area (TPSA) is 37.8 Å². The molecule has 0 bridgehead atoms. The maximum Gasteiger partial charge on any atom is 0.161 e. The van der Waals surface area contributed by atoms with Gasteiger partial charge in [0, 0.05) is 28.9 Å². The second-order valence-corrected chi connectivity index (χ2v) is 5.88. The molecule has 21 heavy (non-hydrogen) atoms. The Morgan fingerprint density at radius 3 is 2.48 bits per heavy atom. The van der Waals surface area contributed by atoms with Gasteiger partial charge in [-0.2, -0.15) is 0 Å². The lowest BCUT2D eigenvalue weighted by atomic mass is 10.1. The molecular formula is C17H22ClN3. The Kier molecular flexibility index (Phi) is 5.57. The molecule has 0 saturated heterocycles. The van der Waals surface area contributed by atoms with E-state index in [9.17, 15) is 0 Å². The van der Waals surface area contributed by atoms with Crippen molar-refractivity contribution >= 4 is 17.4 Å². The molecule has 4 heteroatoms. The zero-order valence-electron chi connectivity index (χ0n) is 12.9. The highest BCUT2D eigenvalue weighted by molar-refractivity contribution is 6.30. The van der Waals surface area contributed by atoms with Crippen LogP contribution in [0.2, 0.25) is 5.02 Å². The number of benzene rings is 1. The van der Waals surface area contributed by atoms with Gasteiger partial charge in [0.25, 0.3) is 0 Å². The van der Waals surface area contributed by atoms with Crippen molar-refractivity contribution in [3.8, 4) is 11.4 Å². The van der Waals surface area contributed by atoms with Crippen LogP contribution in [0.1, 0.15) is 45.2 Å². The molecule has 0 aliphatic rings. The Morgan fingerprint density at radius 1 is 1.14 bits per heavy atom. The molecule has 1 aromatic heterocycles. The number of aromatic nitrogens is 2. The highest BCUT2D eigenvalue weighted by Gasteiger charge is 2.09. The highest BCUT2D eigenvalue weighted by atomic mass is 35.5. The van der Waals surface area contributed by atoms with Crippen LogP contribution in [0.5, 0.6) is 0 Å². The lowest BCUT2D eigenvalue weighted by Crippen LogP contribution is -2.06. The molecule has 0 saturated carbocycles. The van der Waals surface area contributed by atoms with Crippen LogP contribution in [-0.2, 0) is 0 Å². The van der Waals surface area contributed by atoms with Crippen LogP contribution in [0, 0.1) is 0 Å². The predicted octanol–water partition coefficient (Wildman–Crippen LogP) is 5.13. The summed E-state index contributed by atoms with van der Waals surface area (Å²) in [5.41, 5.74) is 2.04. The molecule has 1 N–H and O–H groups in total. The van der Waals surface area contributed by atoms with Crippen molar-refractivity contribution in [3.63, 3.8) is 0 Å². The van der Waals surface area contributed by atoms with Crippen LogP contribution >= 0.6 is 11.6 Å². The summed E-state index contributed by atoms with van der Waals surface area (Å²) in [7, 11) is 0. The Morgan fingerprint density at radius 2 is 1.86 bits per heavy atom. The Labute approximate surface area is 131 Å². The van der Waals surface area contributed by atoms with Gasteiger partial charge in [-0.3, -0.25) is 0 Å². The number of nitrogens with zero attached hydrogens (tertiary/aromatic N) is 2. The monoisotopic (exact) mass is 303 g/mol. The summed E-state index contributed by atoms with van der Waals surface area (Å²) in [5.74, 6) is 2.01. The Hall–Kier alpha value is -1.61. The molecule has 0 amide bonds. The molecule has 3 nitrogen and oxygen atoms in total. The van der Waals surface area contributed by atoms with E-state index in [0.29, 0.717) is 5.92 Å². The first kappa shape index (κ1) is 15.8. The van der Waals surface area contributed by atoms with Crippen LogP contribution in [0.3, 0.4) is 0 Å². The fourth-order valence-corrected chi connectivity index (χ4v) is 2.10. The minimum Gasteiger partial charge on any atom is -0.370 e. The van der Waals surface area contributed by atoms with E-state index in [1.165, 1.54) is 6.42 Å². The third-order valence-corrected chi connectivity index (χ3v) is 3.53. The fourth-order valence-electron chi connectivity index (χ4n) is 1.97. The van der Waals surface area contributed by atoms with E-state index in [0.717, 1.165) is 40.9 Å². The standard InChI is InChI=1S/C17H22ClN3/c1-4-5-10-19-16-11-15(12(2)3)20-17(21-16)13-6-8-14(18)9-7-13/h6-9,11-12H,4-5,10H2,1-3H3,(H,19,20,21). The second kappa shape index (κ2) is 7.41. The van der Waals surface area contributed by atoms with Gasteiger partial charge in [-0.05, 0) is 36.6 Å². The average Bonchev–Trinajstić information content (AvgIpc) is 2.48. The first-order chi connectivity index (χ1) is 10.1. The summed E-state index contributed by atoms with van der Waals surface area (Å²) < 4.78 is 0. The summed E-state index contributed by atoms with van der Waals surface area (Å²) in [6.07, 6.45) is 2.30. The molecule has 0 radical (unpaired) electrons. The number of nitrogens with one attached hydrogen (secondary N) is 1. The van der Waals surface area contributed by atoms with Gasteiger partial charge in [-0.1, -0.05) is 38.8 Å². The molecular weight excluding hydrogens is 282 g/mol. The van der Waals surface area contributed by atoms with Crippen molar-refractivity contribution in [1.82, 2.24) is 9.97 Å². The SMILES string of the molecule is CCCCNc1cc(C(C)C)nc(-c2ccc(Cl)cc2)n1. The van der Waals surface area contributed by atoms with Gasteiger partial charge < -0.3 is 5.32 Å². The molecule has 1 aromatic carbocycles. The maximum atomic E-state index is 5.94. The molecule has 0 atom stereocenters. The van der Waals surface area contributed by atoms with Crippen molar-refractivity contribution in [1.29, 1.82) is 0 Å². The second-order valence-electron chi connectivity index (χ2n) is 5.44. The predicted molar refractivity (Wildman–Crippen MR) is 90.0 cm³/mol. The first-order valence-electron chi connectivity index (χ1n) is 7.49. The van der Waals surface area contributed by atoms with E-state index >= 15 is 0 Å². The summed E-state index contributed by atoms with van der Waals surface area (Å²) >= 11 is 5.94. The summed E-state index contributed by atoms with van der Waals surface area (Å²) in [6.45, 7) is 7.40. The number of hydrogen-bond donors (Lipinski definition) is 1. The number of halogens is 1. The minimum atomic E-state index is 0.366. The lowest BCUT2D eigenvalue weighted by Gasteiger charge is -2.12. The molecule has 2 aromatic rings. The Bertz CT molecular complexity index is 579. The van der Waals surface area contributed by atoms with Gasteiger partial charge in [0.05, 0.1) is 0 Å². The largest absolute Gasteiger partial charge is 0.370 e. The van der Waals surface area contributed by atoms with Crippen LogP contribution in [0.25, 0.3) is 11.4 Å². The van der Waals surface area contributed by atoms with E-state index < -0.39 is 0 Å². The highest BCUT2D eigenvalue weighted by Crippen LogP contribution is 2.23. The van der Waals surface area contributed by atoms with Crippen molar-refractivity contribution in [2.45, 2.75) is 39.5 Å². The summed E-state index contributed by atoms with van der Waals surface area (Å²) in [5, 5.41) is 4.11. The molecule has 0 spiro atoms. The average molecular weight is 304 g/mol. The third-order valence-electron chi connectivity index (χ3n) is 3.28. The smallest absolute Gasteiger partial charge is 0.161 e. The first-order valence-corrected chi connectivity index (χ1v) is 7.86. The third kappa shape index (κ3) is 4.43. The van der Waals surface area contributed by atoms with Gasteiger partial charge in [0.15, 0.2) is 5.82 Å². The van der Waals surface area contributed by atoms with Crippen LogP contribution < -0.4 is 5.32 Å². The summed E-state index contributed by atoms with van der Waals surface area (Å²) in [4.78, 5) is 9.29. The van der Waals surface area contributed by atoms with E-state index in [2.05, 4.69) is 36.1 Å². The normalized spacial score (nSPS) is 10.9. The van der Waals surface area contributed by atoms with Crippen molar-refractivity contribution in [3.05, 3.63) is 41.0 Å². The van der Waals surface area contributed by atoms with Gasteiger partial charge in [0.1, 0.15) is 5.82 Å². The van der Waals surface area contributed by atoms with Crippen LogP contribution in [0.15, 0.2) is 30.3 Å². The molecule has 1 heterocycles. The lowest BCUT2D eigenvalue weighted by molar-refractivity contribution is 0.808. The van der Waals surface area contributed by atoms with Crippen molar-refractivity contribution in [2.75, 3.05) is 11.9 Å². The van der Waals surface area contributed by atoms with Gasteiger partial charge in [-0.25, -0.2) is 9.97 Å². The van der Waals surface area contributed by atoms with E-state index in [1.807, 2.05) is 30.3 Å². The van der Waals surface area contributed by atoms with Gasteiger partial charge in [-0.15, -0.1) is 0 Å². The molecule has 0 aliphatic carbocycles. The van der Waals surface area contributed by atoms with E-state index in [1.54, 1.807) is 0 Å². The van der Waals surface area contributed by atoms with Crippen LogP contribution in [0.4, 0.5) is 5.82 Å². The van der Waals surface area contributed by atoms with Gasteiger partial charge in [0.2, 0.25) is 0 Å². The molecule has 0 fully saturated rings. The number of anilines is 1. The number of unbranched alkanes of at least 4 members (excludes halogenated alkanes) is 1. The van der Waals surface area contributed by atoms with E-state index in [4.69, 9.17) is 11.6 Å². The number of rotatable bonds is 6. The minimum absolute atomic E-state index is 0.366. The maximum absolute atomic E-state index is 5.94.